The molecule has 0 radical (unpaired) electrons. The molecule has 4 aromatic rings. The second-order valence-corrected chi connectivity index (χ2v) is 4.69. The minimum Gasteiger partial charge on any atom is -0.496 e. The fraction of sp³-hybridized carbons (Fsp3) is 0.0625. The van der Waals surface area contributed by atoms with E-state index in [1.165, 1.54) is 0 Å². The first-order valence-electron chi connectivity index (χ1n) is 6.61. The van der Waals surface area contributed by atoms with Crippen LogP contribution >= 0.6 is 0 Å². The van der Waals surface area contributed by atoms with Gasteiger partial charge in [0.05, 0.1) is 18.1 Å². The topological polar surface area (TPSA) is 52.8 Å². The average molecular weight is 276 g/mol. The minimum absolute atomic E-state index is 0.694. The predicted octanol–water partition coefficient (Wildman–Crippen LogP) is 2.98. The molecule has 0 saturated heterocycles. The van der Waals surface area contributed by atoms with Crippen molar-refractivity contribution in [1.29, 1.82) is 0 Å². The van der Waals surface area contributed by atoms with Crippen molar-refractivity contribution >= 4 is 21.9 Å². The zero-order valence-corrected chi connectivity index (χ0v) is 11.4. The van der Waals surface area contributed by atoms with Crippen molar-refractivity contribution in [2.24, 2.45) is 0 Å². The molecule has 2 heterocycles. The largest absolute Gasteiger partial charge is 0.496 e. The van der Waals surface area contributed by atoms with Crippen molar-refractivity contribution in [2.45, 2.75) is 0 Å². The minimum atomic E-state index is 0.694. The van der Waals surface area contributed by atoms with Gasteiger partial charge < -0.3 is 4.74 Å². The number of benzene rings is 2. The second-order valence-electron chi connectivity index (χ2n) is 4.69. The summed E-state index contributed by atoms with van der Waals surface area (Å²) in [5.74, 6) is 1.47. The van der Waals surface area contributed by atoms with Gasteiger partial charge in [-0.25, -0.2) is 4.98 Å². The smallest absolute Gasteiger partial charge is 0.160 e. The highest BCUT2D eigenvalue weighted by atomic mass is 16.5. The Morgan fingerprint density at radius 1 is 0.952 bits per heavy atom. The number of pyridine rings is 1. The molecule has 0 spiro atoms. The molecule has 102 valence electrons. The Kier molecular flexibility index (Phi) is 2.57. The van der Waals surface area contributed by atoms with Crippen LogP contribution in [0.4, 0.5) is 0 Å². The molecule has 0 aliphatic heterocycles. The van der Waals surface area contributed by atoms with Gasteiger partial charge in [-0.15, -0.1) is 5.10 Å². The molecule has 0 aliphatic carbocycles. The summed E-state index contributed by atoms with van der Waals surface area (Å²) in [5, 5.41) is 9.34. The molecule has 0 unspecified atom stereocenters. The summed E-state index contributed by atoms with van der Waals surface area (Å²) >= 11 is 0. The van der Waals surface area contributed by atoms with E-state index < -0.39 is 0 Å². The number of hydrogen-bond donors (Lipinski definition) is 0. The third-order valence-electron chi connectivity index (χ3n) is 3.45. The Hall–Kier alpha value is -2.95. The second kappa shape index (κ2) is 4.56. The van der Waals surface area contributed by atoms with E-state index in [2.05, 4.69) is 15.3 Å². The summed E-state index contributed by atoms with van der Waals surface area (Å²) in [6, 6.07) is 17.6. The van der Waals surface area contributed by atoms with Crippen LogP contribution in [0.3, 0.4) is 0 Å². The highest BCUT2D eigenvalue weighted by Crippen LogP contribution is 2.27. The Bertz CT molecular complexity index is 945. The van der Waals surface area contributed by atoms with Crippen molar-refractivity contribution in [1.82, 2.24) is 20.0 Å². The van der Waals surface area contributed by atoms with Gasteiger partial charge in [0.25, 0.3) is 0 Å². The first kappa shape index (κ1) is 11.8. The van der Waals surface area contributed by atoms with Gasteiger partial charge in [0.1, 0.15) is 11.3 Å². The van der Waals surface area contributed by atoms with Crippen LogP contribution in [0.1, 0.15) is 0 Å². The van der Waals surface area contributed by atoms with Crippen molar-refractivity contribution < 1.29 is 4.74 Å². The molecule has 5 heteroatoms. The molecule has 4 rings (SSSR count). The third kappa shape index (κ3) is 1.82. The van der Waals surface area contributed by atoms with Crippen LogP contribution in [-0.4, -0.2) is 27.1 Å². The number of rotatable bonds is 2. The maximum absolute atomic E-state index is 5.48. The fourth-order valence-corrected chi connectivity index (χ4v) is 2.45. The summed E-state index contributed by atoms with van der Waals surface area (Å²) in [6.45, 7) is 0. The molecule has 5 nitrogen and oxygen atoms in total. The number of ether oxygens (including phenoxy) is 1. The lowest BCUT2D eigenvalue weighted by Gasteiger charge is -2.08. The lowest BCUT2D eigenvalue weighted by Crippen LogP contribution is -2.01. The van der Waals surface area contributed by atoms with Gasteiger partial charge in [-0.3, -0.25) is 0 Å². The summed E-state index contributed by atoms with van der Waals surface area (Å²) in [5.41, 5.74) is 2.63. The van der Waals surface area contributed by atoms with E-state index in [1.807, 2.05) is 54.6 Å². The molecule has 0 fully saturated rings. The Morgan fingerprint density at radius 3 is 2.57 bits per heavy atom. The van der Waals surface area contributed by atoms with E-state index in [0.29, 0.717) is 5.82 Å². The van der Waals surface area contributed by atoms with Crippen molar-refractivity contribution in [3.05, 3.63) is 54.6 Å². The normalized spacial score (nSPS) is 11.1. The van der Waals surface area contributed by atoms with E-state index in [4.69, 9.17) is 4.74 Å². The van der Waals surface area contributed by atoms with Crippen molar-refractivity contribution in [3.8, 4) is 11.6 Å². The predicted molar refractivity (Wildman–Crippen MR) is 80.7 cm³/mol. The molecule has 0 saturated carbocycles. The Balaban J connectivity index is 2.02. The van der Waals surface area contributed by atoms with Crippen LogP contribution in [0.2, 0.25) is 0 Å². The molecule has 0 N–H and O–H groups in total. The van der Waals surface area contributed by atoms with Crippen LogP contribution in [0.25, 0.3) is 27.8 Å². The molecule has 0 aliphatic rings. The molecule has 2 aromatic carbocycles. The highest BCUT2D eigenvalue weighted by molar-refractivity contribution is 5.86. The lowest BCUT2D eigenvalue weighted by molar-refractivity contribution is 0.419. The number of para-hydroxylation sites is 2. The first-order valence-corrected chi connectivity index (χ1v) is 6.61. The number of methoxy groups -OCH3 is 1. The highest BCUT2D eigenvalue weighted by Gasteiger charge is 2.11. The van der Waals surface area contributed by atoms with E-state index in [0.717, 1.165) is 27.7 Å². The average Bonchev–Trinajstić information content (AvgIpc) is 2.98. The van der Waals surface area contributed by atoms with Gasteiger partial charge >= 0.3 is 0 Å². The van der Waals surface area contributed by atoms with Gasteiger partial charge in [0.2, 0.25) is 0 Å². The zero-order chi connectivity index (χ0) is 14.2. The van der Waals surface area contributed by atoms with Gasteiger partial charge in [-0.1, -0.05) is 29.5 Å². The maximum Gasteiger partial charge on any atom is 0.160 e. The summed E-state index contributed by atoms with van der Waals surface area (Å²) < 4.78 is 7.20. The van der Waals surface area contributed by atoms with Crippen LogP contribution in [0.5, 0.6) is 5.75 Å². The molecular formula is C16H12N4O. The van der Waals surface area contributed by atoms with Crippen LogP contribution in [0, 0.1) is 0 Å². The molecule has 0 atom stereocenters. The molecule has 21 heavy (non-hydrogen) atoms. The summed E-state index contributed by atoms with van der Waals surface area (Å²) in [4.78, 5) is 4.66. The van der Waals surface area contributed by atoms with Crippen molar-refractivity contribution in [2.75, 3.05) is 7.11 Å². The van der Waals surface area contributed by atoms with Gasteiger partial charge in [0.15, 0.2) is 5.82 Å². The number of nitrogens with zero attached hydrogens (tertiary/aromatic N) is 4. The number of hydrogen-bond acceptors (Lipinski definition) is 4. The van der Waals surface area contributed by atoms with Crippen LogP contribution in [-0.2, 0) is 0 Å². The zero-order valence-electron chi connectivity index (χ0n) is 11.4. The van der Waals surface area contributed by atoms with Crippen molar-refractivity contribution in [3.63, 3.8) is 0 Å². The summed E-state index contributed by atoms with van der Waals surface area (Å²) in [6.07, 6.45) is 0. The molecular weight excluding hydrogens is 264 g/mol. The Labute approximate surface area is 120 Å². The number of aromatic nitrogens is 4. The quantitative estimate of drug-likeness (QED) is 0.565. The molecule has 0 amide bonds. The van der Waals surface area contributed by atoms with E-state index >= 15 is 0 Å². The molecule has 2 aromatic heterocycles. The number of fused-ring (bicyclic) bond motifs is 2. The first-order chi connectivity index (χ1) is 10.4. The summed E-state index contributed by atoms with van der Waals surface area (Å²) in [7, 11) is 1.66. The van der Waals surface area contributed by atoms with E-state index in [9.17, 15) is 0 Å². The van der Waals surface area contributed by atoms with Crippen LogP contribution < -0.4 is 4.74 Å². The van der Waals surface area contributed by atoms with E-state index in [-0.39, 0.29) is 0 Å². The standard InChI is InChI=1S/C16H12N4O/c1-21-15-10-16(17-12-7-3-2-6-11(12)15)20-14-9-5-4-8-13(14)18-19-20/h2-10H,1H3. The third-order valence-corrected chi connectivity index (χ3v) is 3.45. The van der Waals surface area contributed by atoms with Gasteiger partial charge in [-0.2, -0.15) is 4.68 Å². The fourth-order valence-electron chi connectivity index (χ4n) is 2.45. The van der Waals surface area contributed by atoms with E-state index in [1.54, 1.807) is 11.8 Å². The maximum atomic E-state index is 5.48. The monoisotopic (exact) mass is 276 g/mol. The van der Waals surface area contributed by atoms with Gasteiger partial charge in [-0.05, 0) is 24.3 Å². The van der Waals surface area contributed by atoms with Gasteiger partial charge in [0, 0.05) is 11.5 Å². The SMILES string of the molecule is COc1cc(-n2nnc3ccccc32)nc2ccccc12. The molecule has 0 bridgehead atoms. The van der Waals surface area contributed by atoms with Crippen LogP contribution in [0.15, 0.2) is 54.6 Å². The lowest BCUT2D eigenvalue weighted by atomic mass is 10.2. The Morgan fingerprint density at radius 2 is 1.71 bits per heavy atom.